The first-order valence-electron chi connectivity index (χ1n) is 7.21. The summed E-state index contributed by atoms with van der Waals surface area (Å²) in [6.45, 7) is 7.22. The van der Waals surface area contributed by atoms with Gasteiger partial charge in [-0.1, -0.05) is 13.8 Å². The largest absolute Gasteiger partial charge is 0.383 e. The molecule has 0 aliphatic carbocycles. The Morgan fingerprint density at radius 1 is 1.35 bits per heavy atom. The summed E-state index contributed by atoms with van der Waals surface area (Å²) >= 11 is 0. The lowest BCUT2D eigenvalue weighted by molar-refractivity contribution is 0.0937. The van der Waals surface area contributed by atoms with Crippen molar-refractivity contribution in [2.45, 2.75) is 26.7 Å². The Morgan fingerprint density at radius 2 is 2.05 bits per heavy atom. The maximum atomic E-state index is 12.0. The lowest BCUT2D eigenvalue weighted by Gasteiger charge is -2.22. The van der Waals surface area contributed by atoms with E-state index in [1.807, 2.05) is 6.07 Å². The molecule has 1 rings (SSSR count). The summed E-state index contributed by atoms with van der Waals surface area (Å²) in [5.74, 6) is 0.784. The molecule has 0 saturated heterocycles. The molecule has 0 fully saturated rings. The van der Waals surface area contributed by atoms with Gasteiger partial charge in [-0.05, 0) is 25.0 Å². The number of carbonyl (C=O) groups is 1. The van der Waals surface area contributed by atoms with Crippen molar-refractivity contribution in [1.82, 2.24) is 10.3 Å². The number of ether oxygens (including phenoxy) is 1. The molecule has 5 nitrogen and oxygen atoms in total. The highest BCUT2D eigenvalue weighted by Gasteiger charge is 2.10. The maximum Gasteiger partial charge on any atom is 0.251 e. The number of carbonyl (C=O) groups excluding carboxylic acids is 1. The number of rotatable bonds is 9. The Balaban J connectivity index is 2.74. The fourth-order valence-electron chi connectivity index (χ4n) is 1.98. The molecule has 0 aliphatic heterocycles. The zero-order valence-corrected chi connectivity index (χ0v) is 12.7. The maximum absolute atomic E-state index is 12.0. The number of anilines is 1. The van der Waals surface area contributed by atoms with Gasteiger partial charge in [0, 0.05) is 38.5 Å². The van der Waals surface area contributed by atoms with Crippen LogP contribution in [0.2, 0.25) is 0 Å². The summed E-state index contributed by atoms with van der Waals surface area (Å²) in [5, 5.41) is 2.82. The first-order chi connectivity index (χ1) is 9.72. The van der Waals surface area contributed by atoms with Crippen LogP contribution in [0.25, 0.3) is 0 Å². The number of methoxy groups -OCH3 is 1. The SMILES string of the molecule is CCCN(CCC)c1cc(C(=O)NCCOC)ccn1. The van der Waals surface area contributed by atoms with Crippen LogP contribution in [0.1, 0.15) is 37.0 Å². The van der Waals surface area contributed by atoms with E-state index in [1.54, 1.807) is 19.4 Å². The Kier molecular flexibility index (Phi) is 7.65. The third kappa shape index (κ3) is 5.17. The van der Waals surface area contributed by atoms with Gasteiger partial charge in [-0.2, -0.15) is 0 Å². The van der Waals surface area contributed by atoms with Gasteiger partial charge in [0.25, 0.3) is 5.91 Å². The second kappa shape index (κ2) is 9.31. The summed E-state index contributed by atoms with van der Waals surface area (Å²) in [4.78, 5) is 18.6. The van der Waals surface area contributed by atoms with Gasteiger partial charge in [-0.25, -0.2) is 4.98 Å². The predicted molar refractivity (Wildman–Crippen MR) is 81.2 cm³/mol. The van der Waals surface area contributed by atoms with E-state index in [0.717, 1.165) is 31.7 Å². The van der Waals surface area contributed by atoms with Gasteiger partial charge in [0.1, 0.15) is 5.82 Å². The van der Waals surface area contributed by atoms with Crippen molar-refractivity contribution < 1.29 is 9.53 Å². The van der Waals surface area contributed by atoms with Gasteiger partial charge >= 0.3 is 0 Å². The van der Waals surface area contributed by atoms with E-state index in [2.05, 4.69) is 29.0 Å². The Hall–Kier alpha value is -1.62. The van der Waals surface area contributed by atoms with Gasteiger partial charge in [0.2, 0.25) is 0 Å². The van der Waals surface area contributed by atoms with Crippen molar-refractivity contribution in [2.75, 3.05) is 38.3 Å². The average molecular weight is 279 g/mol. The minimum Gasteiger partial charge on any atom is -0.383 e. The van der Waals surface area contributed by atoms with E-state index in [-0.39, 0.29) is 5.91 Å². The molecule has 0 saturated carbocycles. The van der Waals surface area contributed by atoms with Crippen molar-refractivity contribution in [2.24, 2.45) is 0 Å². The molecule has 1 N–H and O–H groups in total. The van der Waals surface area contributed by atoms with Gasteiger partial charge < -0.3 is 15.0 Å². The van der Waals surface area contributed by atoms with Crippen molar-refractivity contribution in [3.05, 3.63) is 23.9 Å². The van der Waals surface area contributed by atoms with Gasteiger partial charge in [-0.15, -0.1) is 0 Å². The zero-order chi connectivity index (χ0) is 14.8. The summed E-state index contributed by atoms with van der Waals surface area (Å²) in [6.07, 6.45) is 3.82. The van der Waals surface area contributed by atoms with E-state index in [4.69, 9.17) is 4.74 Å². The Labute approximate surface area is 121 Å². The molecular weight excluding hydrogens is 254 g/mol. The molecule has 0 aromatic carbocycles. The summed E-state index contributed by atoms with van der Waals surface area (Å²) in [7, 11) is 1.62. The van der Waals surface area contributed by atoms with Crippen molar-refractivity contribution in [1.29, 1.82) is 0 Å². The molecule has 0 atom stereocenters. The normalized spacial score (nSPS) is 10.3. The molecule has 112 valence electrons. The molecule has 1 aromatic heterocycles. The predicted octanol–water partition coefficient (Wildman–Crippen LogP) is 2.08. The number of hydrogen-bond donors (Lipinski definition) is 1. The van der Waals surface area contributed by atoms with Crippen LogP contribution in [-0.4, -0.2) is 44.2 Å². The standard InChI is InChI=1S/C15H25N3O2/c1-4-9-18(10-5-2)14-12-13(6-7-16-14)15(19)17-8-11-20-3/h6-7,12H,4-5,8-11H2,1-3H3,(H,17,19). The van der Waals surface area contributed by atoms with Crippen LogP contribution in [0.4, 0.5) is 5.82 Å². The third-order valence-corrected chi connectivity index (χ3v) is 2.91. The lowest BCUT2D eigenvalue weighted by Crippen LogP contribution is -2.28. The minimum absolute atomic E-state index is 0.0846. The molecule has 0 spiro atoms. The number of nitrogens with zero attached hydrogens (tertiary/aromatic N) is 2. The Bertz CT molecular complexity index is 404. The van der Waals surface area contributed by atoms with E-state index >= 15 is 0 Å². The van der Waals surface area contributed by atoms with Crippen molar-refractivity contribution >= 4 is 11.7 Å². The number of nitrogens with one attached hydrogen (secondary N) is 1. The third-order valence-electron chi connectivity index (χ3n) is 2.91. The number of pyridine rings is 1. The van der Waals surface area contributed by atoms with Crippen LogP contribution in [0.5, 0.6) is 0 Å². The zero-order valence-electron chi connectivity index (χ0n) is 12.7. The molecule has 0 unspecified atom stereocenters. The second-order valence-electron chi connectivity index (χ2n) is 4.64. The van der Waals surface area contributed by atoms with Gasteiger partial charge in [-0.3, -0.25) is 4.79 Å². The van der Waals surface area contributed by atoms with Crippen molar-refractivity contribution in [3.8, 4) is 0 Å². The molecule has 1 aromatic rings. The molecule has 5 heteroatoms. The smallest absolute Gasteiger partial charge is 0.251 e. The molecule has 0 aliphatic rings. The molecular formula is C15H25N3O2. The monoisotopic (exact) mass is 279 g/mol. The summed E-state index contributed by atoms with van der Waals surface area (Å²) in [5.41, 5.74) is 0.642. The van der Waals surface area contributed by atoms with Crippen LogP contribution in [0, 0.1) is 0 Å². The highest BCUT2D eigenvalue weighted by atomic mass is 16.5. The highest BCUT2D eigenvalue weighted by Crippen LogP contribution is 2.13. The van der Waals surface area contributed by atoms with Crippen molar-refractivity contribution in [3.63, 3.8) is 0 Å². The van der Waals surface area contributed by atoms with E-state index in [9.17, 15) is 4.79 Å². The second-order valence-corrected chi connectivity index (χ2v) is 4.64. The molecule has 0 bridgehead atoms. The quantitative estimate of drug-likeness (QED) is 0.703. The van der Waals surface area contributed by atoms with Gasteiger partial charge in [0.05, 0.1) is 6.61 Å². The van der Waals surface area contributed by atoms with Gasteiger partial charge in [0.15, 0.2) is 0 Å². The number of aromatic nitrogens is 1. The topological polar surface area (TPSA) is 54.5 Å². The number of hydrogen-bond acceptors (Lipinski definition) is 4. The van der Waals surface area contributed by atoms with Crippen LogP contribution >= 0.6 is 0 Å². The van der Waals surface area contributed by atoms with Crippen LogP contribution in [-0.2, 0) is 4.74 Å². The fourth-order valence-corrected chi connectivity index (χ4v) is 1.98. The molecule has 1 amide bonds. The summed E-state index contributed by atoms with van der Waals surface area (Å²) in [6, 6.07) is 3.59. The highest BCUT2D eigenvalue weighted by molar-refractivity contribution is 5.94. The lowest BCUT2D eigenvalue weighted by atomic mass is 10.2. The first kappa shape index (κ1) is 16.4. The van der Waals surface area contributed by atoms with E-state index in [0.29, 0.717) is 18.7 Å². The Morgan fingerprint density at radius 3 is 2.65 bits per heavy atom. The average Bonchev–Trinajstić information content (AvgIpc) is 2.47. The number of amides is 1. The van der Waals surface area contributed by atoms with Crippen LogP contribution in [0.3, 0.4) is 0 Å². The molecule has 1 heterocycles. The minimum atomic E-state index is -0.0846. The fraction of sp³-hybridized carbons (Fsp3) is 0.600. The van der Waals surface area contributed by atoms with E-state index < -0.39 is 0 Å². The van der Waals surface area contributed by atoms with E-state index in [1.165, 1.54) is 0 Å². The molecule has 20 heavy (non-hydrogen) atoms. The first-order valence-corrected chi connectivity index (χ1v) is 7.21. The molecule has 0 radical (unpaired) electrons. The van der Waals surface area contributed by atoms with Crippen LogP contribution < -0.4 is 10.2 Å². The van der Waals surface area contributed by atoms with Crippen LogP contribution in [0.15, 0.2) is 18.3 Å². The summed E-state index contributed by atoms with van der Waals surface area (Å²) < 4.78 is 4.92.